The Labute approximate surface area is 171 Å². The minimum absolute atomic E-state index is 0.0273. The van der Waals surface area contributed by atoms with E-state index in [9.17, 15) is 9.18 Å². The van der Waals surface area contributed by atoms with E-state index in [4.69, 9.17) is 14.5 Å². The fourth-order valence-corrected chi connectivity index (χ4v) is 3.75. The molecule has 1 saturated heterocycles. The number of halogens is 1. The quantitative estimate of drug-likeness (QED) is 0.678. The van der Waals surface area contributed by atoms with E-state index >= 15 is 0 Å². The van der Waals surface area contributed by atoms with E-state index in [1.54, 1.807) is 12.1 Å². The van der Waals surface area contributed by atoms with E-state index in [1.807, 2.05) is 13.8 Å². The largest absolute Gasteiger partial charge is 0.465 e. The number of carbonyl (C=O) groups is 1. The van der Waals surface area contributed by atoms with E-state index in [1.165, 1.54) is 19.2 Å². The molecular weight excluding hydrogens is 371 g/mol. The number of carbonyl (C=O) groups excluding carboxylic acids is 1. The zero-order chi connectivity index (χ0) is 21.1. The minimum atomic E-state index is -0.426. The van der Waals surface area contributed by atoms with Crippen molar-refractivity contribution in [3.8, 4) is 11.1 Å². The molecule has 156 valence electrons. The summed E-state index contributed by atoms with van der Waals surface area (Å²) in [6.07, 6.45) is 0. The van der Waals surface area contributed by atoms with Gasteiger partial charge in [0.1, 0.15) is 5.82 Å². The second kappa shape index (κ2) is 8.91. The second-order valence-corrected chi connectivity index (χ2v) is 7.89. The average molecular weight is 400 g/mol. The first-order valence-electron chi connectivity index (χ1n) is 10.1. The first kappa shape index (κ1) is 21.2. The number of pyridine rings is 1. The third-order valence-corrected chi connectivity index (χ3v) is 5.17. The molecule has 1 fully saturated rings. The molecule has 0 radical (unpaired) electrons. The average Bonchev–Trinajstić information content (AvgIpc) is 2.72. The predicted molar refractivity (Wildman–Crippen MR) is 112 cm³/mol. The molecule has 0 amide bonds. The maximum absolute atomic E-state index is 13.7. The SMILES string of the molecule is COC(=O)c1c(C(C)C)nc(C(C)C)c(N2CCOCC2)c1-c1ccc(F)cc1. The van der Waals surface area contributed by atoms with Crippen molar-refractivity contribution >= 4 is 11.7 Å². The van der Waals surface area contributed by atoms with Gasteiger partial charge in [-0.2, -0.15) is 0 Å². The highest BCUT2D eigenvalue weighted by molar-refractivity contribution is 6.03. The lowest BCUT2D eigenvalue weighted by Crippen LogP contribution is -2.38. The van der Waals surface area contributed by atoms with Crippen LogP contribution >= 0.6 is 0 Å². The lowest BCUT2D eigenvalue weighted by atomic mass is 9.89. The van der Waals surface area contributed by atoms with Gasteiger partial charge in [0.05, 0.1) is 43.0 Å². The Balaban J connectivity index is 2.42. The molecule has 2 aromatic rings. The van der Waals surface area contributed by atoms with Crippen molar-refractivity contribution in [3.05, 3.63) is 47.0 Å². The maximum Gasteiger partial charge on any atom is 0.340 e. The number of rotatable bonds is 5. The smallest absolute Gasteiger partial charge is 0.340 e. The fourth-order valence-electron chi connectivity index (χ4n) is 3.75. The Morgan fingerprint density at radius 2 is 1.66 bits per heavy atom. The molecule has 6 heteroatoms. The van der Waals surface area contributed by atoms with Crippen molar-refractivity contribution in [2.24, 2.45) is 0 Å². The van der Waals surface area contributed by atoms with Crippen molar-refractivity contribution in [1.29, 1.82) is 0 Å². The van der Waals surface area contributed by atoms with Gasteiger partial charge in [-0.3, -0.25) is 4.98 Å². The standard InChI is InChI=1S/C23H29FN2O3/c1-14(2)20-19(23(27)28-5)18(16-6-8-17(24)9-7-16)22(21(25-20)15(3)4)26-10-12-29-13-11-26/h6-9,14-15H,10-13H2,1-5H3. The third-order valence-electron chi connectivity index (χ3n) is 5.17. The molecule has 0 saturated carbocycles. The molecule has 0 aliphatic carbocycles. The number of esters is 1. The summed E-state index contributed by atoms with van der Waals surface area (Å²) in [7, 11) is 1.38. The summed E-state index contributed by atoms with van der Waals surface area (Å²) in [4.78, 5) is 20.1. The third kappa shape index (κ3) is 4.27. The molecule has 1 aliphatic rings. The van der Waals surface area contributed by atoms with Crippen LogP contribution in [0.1, 0.15) is 61.3 Å². The zero-order valence-electron chi connectivity index (χ0n) is 17.8. The number of aromatic nitrogens is 1. The monoisotopic (exact) mass is 400 g/mol. The summed E-state index contributed by atoms with van der Waals surface area (Å²) in [5, 5.41) is 0. The van der Waals surface area contributed by atoms with E-state index in [0.717, 1.165) is 22.5 Å². The fraction of sp³-hybridized carbons (Fsp3) is 0.478. The molecule has 0 bridgehead atoms. The van der Waals surface area contributed by atoms with Crippen LogP contribution in [-0.4, -0.2) is 44.4 Å². The molecule has 5 nitrogen and oxygen atoms in total. The first-order valence-corrected chi connectivity index (χ1v) is 10.1. The summed E-state index contributed by atoms with van der Waals surface area (Å²) >= 11 is 0. The normalized spacial score (nSPS) is 14.6. The van der Waals surface area contributed by atoms with Crippen LogP contribution in [0, 0.1) is 5.82 Å². The number of morpholine rings is 1. The van der Waals surface area contributed by atoms with Gasteiger partial charge < -0.3 is 14.4 Å². The molecule has 0 unspecified atom stereocenters. The zero-order valence-corrected chi connectivity index (χ0v) is 17.8. The Kier molecular flexibility index (Phi) is 6.52. The summed E-state index contributed by atoms with van der Waals surface area (Å²) < 4.78 is 24.4. The Morgan fingerprint density at radius 3 is 2.17 bits per heavy atom. The number of hydrogen-bond donors (Lipinski definition) is 0. The van der Waals surface area contributed by atoms with Gasteiger partial charge in [0.25, 0.3) is 0 Å². The number of anilines is 1. The van der Waals surface area contributed by atoms with E-state index < -0.39 is 5.97 Å². The van der Waals surface area contributed by atoms with Gasteiger partial charge >= 0.3 is 5.97 Å². The molecule has 1 aromatic carbocycles. The molecule has 0 atom stereocenters. The Bertz CT molecular complexity index is 873. The number of methoxy groups -OCH3 is 1. The van der Waals surface area contributed by atoms with Crippen LogP contribution in [-0.2, 0) is 9.47 Å². The van der Waals surface area contributed by atoms with Gasteiger partial charge in [-0.15, -0.1) is 0 Å². The molecular formula is C23H29FN2O3. The highest BCUT2D eigenvalue weighted by Crippen LogP contribution is 2.42. The Hall–Kier alpha value is -2.47. The van der Waals surface area contributed by atoms with Crippen LogP contribution in [0.5, 0.6) is 0 Å². The van der Waals surface area contributed by atoms with Gasteiger partial charge in [-0.1, -0.05) is 39.8 Å². The minimum Gasteiger partial charge on any atom is -0.465 e. The van der Waals surface area contributed by atoms with Crippen molar-refractivity contribution in [2.45, 2.75) is 39.5 Å². The molecule has 29 heavy (non-hydrogen) atoms. The summed E-state index contributed by atoms with van der Waals surface area (Å²) in [6, 6.07) is 6.28. The molecule has 0 N–H and O–H groups in total. The summed E-state index contributed by atoms with van der Waals surface area (Å²) in [5.41, 5.74) is 4.56. The van der Waals surface area contributed by atoms with E-state index in [0.29, 0.717) is 37.6 Å². The predicted octanol–water partition coefficient (Wildman–Crippen LogP) is 4.76. The number of hydrogen-bond acceptors (Lipinski definition) is 5. The number of benzene rings is 1. The molecule has 3 rings (SSSR count). The molecule has 2 heterocycles. The van der Waals surface area contributed by atoms with E-state index in [-0.39, 0.29) is 17.7 Å². The van der Waals surface area contributed by atoms with Crippen LogP contribution in [0.3, 0.4) is 0 Å². The summed E-state index contributed by atoms with van der Waals surface area (Å²) in [5.74, 6) is -0.565. The lowest BCUT2D eigenvalue weighted by Gasteiger charge is -2.34. The highest BCUT2D eigenvalue weighted by Gasteiger charge is 2.31. The van der Waals surface area contributed by atoms with Crippen molar-refractivity contribution in [1.82, 2.24) is 4.98 Å². The lowest BCUT2D eigenvalue weighted by molar-refractivity contribution is 0.0599. The molecule has 1 aliphatic heterocycles. The van der Waals surface area contributed by atoms with Gasteiger partial charge in [0, 0.05) is 18.7 Å². The maximum atomic E-state index is 13.7. The van der Waals surface area contributed by atoms with Gasteiger partial charge in [0.2, 0.25) is 0 Å². The van der Waals surface area contributed by atoms with Crippen LogP contribution in [0.25, 0.3) is 11.1 Å². The number of nitrogens with zero attached hydrogens (tertiary/aromatic N) is 2. The van der Waals surface area contributed by atoms with Crippen LogP contribution < -0.4 is 4.90 Å². The van der Waals surface area contributed by atoms with Crippen LogP contribution in [0.2, 0.25) is 0 Å². The van der Waals surface area contributed by atoms with E-state index in [2.05, 4.69) is 18.7 Å². The number of ether oxygens (including phenoxy) is 2. The molecule has 0 spiro atoms. The van der Waals surface area contributed by atoms with Crippen LogP contribution in [0.15, 0.2) is 24.3 Å². The summed E-state index contributed by atoms with van der Waals surface area (Å²) in [6.45, 7) is 10.9. The molecule has 1 aromatic heterocycles. The van der Waals surface area contributed by atoms with Gasteiger partial charge in [-0.05, 0) is 29.5 Å². The highest BCUT2D eigenvalue weighted by atomic mass is 19.1. The van der Waals surface area contributed by atoms with Crippen molar-refractivity contribution in [2.75, 3.05) is 38.3 Å². The van der Waals surface area contributed by atoms with Crippen LogP contribution in [0.4, 0.5) is 10.1 Å². The van der Waals surface area contributed by atoms with Gasteiger partial charge in [-0.25, -0.2) is 9.18 Å². The second-order valence-electron chi connectivity index (χ2n) is 7.89. The first-order chi connectivity index (χ1) is 13.8. The Morgan fingerprint density at radius 1 is 1.07 bits per heavy atom. The van der Waals surface area contributed by atoms with Crippen molar-refractivity contribution in [3.63, 3.8) is 0 Å². The van der Waals surface area contributed by atoms with Gasteiger partial charge in [0.15, 0.2) is 0 Å². The topological polar surface area (TPSA) is 51.7 Å². The van der Waals surface area contributed by atoms with Crippen molar-refractivity contribution < 1.29 is 18.7 Å².